The first kappa shape index (κ1) is 17.0. The average molecular weight is 318 g/mol. The number of hydrogen-bond acceptors (Lipinski definition) is 4. The molecule has 4 heteroatoms. The molecule has 2 aromatic rings. The van der Waals surface area contributed by atoms with E-state index in [1.807, 2.05) is 12.1 Å². The predicted molar refractivity (Wildman–Crippen MR) is 93.7 cm³/mol. The molecule has 1 unspecified atom stereocenters. The van der Waals surface area contributed by atoms with Crippen molar-refractivity contribution in [3.8, 4) is 5.75 Å². The summed E-state index contributed by atoms with van der Waals surface area (Å²) < 4.78 is 5.21. The summed E-state index contributed by atoms with van der Waals surface area (Å²) in [6.45, 7) is 5.38. The van der Waals surface area contributed by atoms with E-state index in [1.54, 1.807) is 18.4 Å². The van der Waals surface area contributed by atoms with Gasteiger partial charge in [-0.1, -0.05) is 19.1 Å². The highest BCUT2D eigenvalue weighted by atomic mass is 32.1. The van der Waals surface area contributed by atoms with Gasteiger partial charge in [0.1, 0.15) is 5.75 Å². The van der Waals surface area contributed by atoms with E-state index in [0.717, 1.165) is 31.6 Å². The highest BCUT2D eigenvalue weighted by Crippen LogP contribution is 2.17. The zero-order chi connectivity index (χ0) is 15.9. The Hall–Kier alpha value is -1.39. The Kier molecular flexibility index (Phi) is 6.40. The van der Waals surface area contributed by atoms with E-state index in [2.05, 4.69) is 43.3 Å². The monoisotopic (exact) mass is 318 g/mol. The molecule has 0 saturated carbocycles. The van der Waals surface area contributed by atoms with Crippen LogP contribution in [0.15, 0.2) is 29.6 Å². The number of rotatable bonds is 8. The Balaban J connectivity index is 1.88. The van der Waals surface area contributed by atoms with Gasteiger partial charge in [0.15, 0.2) is 0 Å². The van der Waals surface area contributed by atoms with Gasteiger partial charge in [-0.2, -0.15) is 0 Å². The van der Waals surface area contributed by atoms with Gasteiger partial charge in [0, 0.05) is 18.0 Å². The Morgan fingerprint density at radius 2 is 2.00 bits per heavy atom. The lowest BCUT2D eigenvalue weighted by molar-refractivity contribution is 0.245. The van der Waals surface area contributed by atoms with Crippen molar-refractivity contribution >= 4 is 11.3 Å². The molecular formula is C18H26N2OS. The van der Waals surface area contributed by atoms with Crippen molar-refractivity contribution in [3.63, 3.8) is 0 Å². The van der Waals surface area contributed by atoms with Crippen LogP contribution in [-0.4, -0.2) is 30.1 Å². The molecule has 0 fully saturated rings. The van der Waals surface area contributed by atoms with E-state index >= 15 is 0 Å². The Bertz CT molecular complexity index is 565. The molecule has 0 saturated heterocycles. The third-order valence-corrected chi connectivity index (χ3v) is 4.87. The molecule has 1 aromatic heterocycles. The van der Waals surface area contributed by atoms with E-state index in [-0.39, 0.29) is 0 Å². The molecule has 0 N–H and O–H groups in total. The molecule has 1 aromatic carbocycles. The van der Waals surface area contributed by atoms with Gasteiger partial charge in [-0.3, -0.25) is 4.90 Å². The summed E-state index contributed by atoms with van der Waals surface area (Å²) in [6, 6.07) is 8.82. The van der Waals surface area contributed by atoms with Gasteiger partial charge < -0.3 is 4.74 Å². The van der Waals surface area contributed by atoms with Crippen molar-refractivity contribution in [2.24, 2.45) is 0 Å². The SMILES string of the molecule is CCCc1nc(CN(C)C(C)Cc2ccc(OC)cc2)cs1. The summed E-state index contributed by atoms with van der Waals surface area (Å²) in [5, 5.41) is 3.45. The van der Waals surface area contributed by atoms with Crippen LogP contribution in [0.5, 0.6) is 5.75 Å². The van der Waals surface area contributed by atoms with Crippen LogP contribution in [-0.2, 0) is 19.4 Å². The second-order valence-corrected chi connectivity index (χ2v) is 6.74. The first-order valence-electron chi connectivity index (χ1n) is 7.88. The van der Waals surface area contributed by atoms with Crippen molar-refractivity contribution in [1.82, 2.24) is 9.88 Å². The van der Waals surface area contributed by atoms with Crippen LogP contribution in [0, 0.1) is 0 Å². The van der Waals surface area contributed by atoms with E-state index < -0.39 is 0 Å². The van der Waals surface area contributed by atoms with Gasteiger partial charge in [0.2, 0.25) is 0 Å². The Morgan fingerprint density at radius 3 is 2.64 bits per heavy atom. The van der Waals surface area contributed by atoms with Gasteiger partial charge in [-0.15, -0.1) is 11.3 Å². The number of hydrogen-bond donors (Lipinski definition) is 0. The van der Waals surface area contributed by atoms with Gasteiger partial charge in [-0.05, 0) is 50.9 Å². The first-order valence-corrected chi connectivity index (χ1v) is 8.76. The van der Waals surface area contributed by atoms with E-state index in [0.29, 0.717) is 6.04 Å². The fraction of sp³-hybridized carbons (Fsp3) is 0.500. The van der Waals surface area contributed by atoms with Crippen LogP contribution in [0.1, 0.15) is 36.5 Å². The quantitative estimate of drug-likeness (QED) is 0.730. The predicted octanol–water partition coefficient (Wildman–Crippen LogP) is 4.17. The Labute approximate surface area is 138 Å². The fourth-order valence-corrected chi connectivity index (χ4v) is 3.31. The van der Waals surface area contributed by atoms with Crippen molar-refractivity contribution in [1.29, 1.82) is 0 Å². The molecule has 0 bridgehead atoms. The molecule has 0 aliphatic rings. The minimum absolute atomic E-state index is 0.477. The molecule has 2 rings (SSSR count). The number of ether oxygens (including phenoxy) is 1. The molecule has 0 spiro atoms. The molecule has 0 aliphatic heterocycles. The van der Waals surface area contributed by atoms with Crippen molar-refractivity contribution in [2.75, 3.05) is 14.2 Å². The highest BCUT2D eigenvalue weighted by Gasteiger charge is 2.12. The molecule has 0 radical (unpaired) electrons. The van der Waals surface area contributed by atoms with Crippen LogP contribution >= 0.6 is 11.3 Å². The molecule has 120 valence electrons. The van der Waals surface area contributed by atoms with Gasteiger partial charge in [0.25, 0.3) is 0 Å². The molecule has 1 heterocycles. The van der Waals surface area contributed by atoms with Crippen molar-refractivity contribution in [2.45, 2.75) is 45.7 Å². The number of aromatic nitrogens is 1. The van der Waals surface area contributed by atoms with Crippen LogP contribution in [0.2, 0.25) is 0 Å². The maximum atomic E-state index is 5.21. The number of likely N-dealkylation sites (N-methyl/N-ethyl adjacent to an activating group) is 1. The van der Waals surface area contributed by atoms with Crippen molar-refractivity contribution in [3.05, 3.63) is 45.9 Å². The molecule has 3 nitrogen and oxygen atoms in total. The van der Waals surface area contributed by atoms with E-state index in [4.69, 9.17) is 9.72 Å². The maximum Gasteiger partial charge on any atom is 0.118 e. The number of nitrogens with zero attached hydrogens (tertiary/aromatic N) is 2. The van der Waals surface area contributed by atoms with E-state index in [1.165, 1.54) is 16.3 Å². The second-order valence-electron chi connectivity index (χ2n) is 5.80. The summed E-state index contributed by atoms with van der Waals surface area (Å²) in [6.07, 6.45) is 3.29. The summed E-state index contributed by atoms with van der Waals surface area (Å²) in [5.41, 5.74) is 2.53. The summed E-state index contributed by atoms with van der Waals surface area (Å²) in [4.78, 5) is 7.08. The summed E-state index contributed by atoms with van der Waals surface area (Å²) >= 11 is 1.78. The minimum Gasteiger partial charge on any atom is -0.497 e. The summed E-state index contributed by atoms with van der Waals surface area (Å²) in [7, 11) is 3.87. The highest BCUT2D eigenvalue weighted by molar-refractivity contribution is 7.09. The third-order valence-electron chi connectivity index (χ3n) is 3.92. The standard InChI is InChI=1S/C18H26N2OS/c1-5-6-18-19-16(13-22-18)12-20(3)14(2)11-15-7-9-17(21-4)10-8-15/h7-10,13-14H,5-6,11-12H2,1-4H3. The fourth-order valence-electron chi connectivity index (χ4n) is 2.42. The van der Waals surface area contributed by atoms with Gasteiger partial charge >= 0.3 is 0 Å². The molecule has 22 heavy (non-hydrogen) atoms. The lowest BCUT2D eigenvalue weighted by atomic mass is 10.1. The molecule has 0 aliphatic carbocycles. The second kappa shape index (κ2) is 8.30. The van der Waals surface area contributed by atoms with Crippen molar-refractivity contribution < 1.29 is 4.74 Å². The zero-order valence-corrected chi connectivity index (χ0v) is 14.8. The smallest absolute Gasteiger partial charge is 0.118 e. The summed E-state index contributed by atoms with van der Waals surface area (Å²) in [5.74, 6) is 0.913. The molecule has 0 amide bonds. The van der Waals surface area contributed by atoms with Gasteiger partial charge in [0.05, 0.1) is 17.8 Å². The van der Waals surface area contributed by atoms with E-state index in [9.17, 15) is 0 Å². The number of benzene rings is 1. The first-order chi connectivity index (χ1) is 10.6. The average Bonchev–Trinajstić information content (AvgIpc) is 2.95. The van der Waals surface area contributed by atoms with Crippen LogP contribution < -0.4 is 4.74 Å². The Morgan fingerprint density at radius 1 is 1.27 bits per heavy atom. The number of aryl methyl sites for hydroxylation is 1. The van der Waals surface area contributed by atoms with Crippen LogP contribution in [0.3, 0.4) is 0 Å². The van der Waals surface area contributed by atoms with Gasteiger partial charge in [-0.25, -0.2) is 4.98 Å². The van der Waals surface area contributed by atoms with Crippen LogP contribution in [0.25, 0.3) is 0 Å². The lowest BCUT2D eigenvalue weighted by Crippen LogP contribution is -2.30. The lowest BCUT2D eigenvalue weighted by Gasteiger charge is -2.24. The normalized spacial score (nSPS) is 12.6. The zero-order valence-electron chi connectivity index (χ0n) is 14.0. The number of methoxy groups -OCH3 is 1. The van der Waals surface area contributed by atoms with Crippen LogP contribution in [0.4, 0.5) is 0 Å². The maximum absolute atomic E-state index is 5.21. The largest absolute Gasteiger partial charge is 0.497 e. The number of thiazole rings is 1. The molecular weight excluding hydrogens is 292 g/mol. The minimum atomic E-state index is 0.477. The third kappa shape index (κ3) is 4.82. The molecule has 1 atom stereocenters. The topological polar surface area (TPSA) is 25.4 Å².